The minimum absolute atomic E-state index is 0.171. The summed E-state index contributed by atoms with van der Waals surface area (Å²) in [6, 6.07) is 8.27. The lowest BCUT2D eigenvalue weighted by Crippen LogP contribution is -2.06. The van der Waals surface area contributed by atoms with Crippen molar-refractivity contribution in [1.29, 1.82) is 0 Å². The van der Waals surface area contributed by atoms with Crippen molar-refractivity contribution in [2.24, 2.45) is 0 Å². The molecule has 26 heavy (non-hydrogen) atoms. The number of aromatic nitrogens is 1. The molecule has 0 saturated carbocycles. The van der Waals surface area contributed by atoms with Crippen LogP contribution in [0.4, 0.5) is 4.39 Å². The first-order valence-corrected chi connectivity index (χ1v) is 8.45. The Balaban J connectivity index is 2.34. The van der Waals surface area contributed by atoms with E-state index in [1.807, 2.05) is 0 Å². The van der Waals surface area contributed by atoms with E-state index in [0.717, 1.165) is 0 Å². The summed E-state index contributed by atoms with van der Waals surface area (Å²) >= 11 is 6.40. The average molecular weight is 374 g/mol. The van der Waals surface area contributed by atoms with Crippen LogP contribution in [-0.2, 0) is 4.74 Å². The van der Waals surface area contributed by atoms with Gasteiger partial charge in [0.1, 0.15) is 11.6 Å². The van der Waals surface area contributed by atoms with E-state index in [2.05, 4.69) is 4.98 Å². The fourth-order valence-electron chi connectivity index (χ4n) is 2.89. The zero-order valence-electron chi connectivity index (χ0n) is 14.6. The quantitative estimate of drug-likeness (QED) is 0.590. The van der Waals surface area contributed by atoms with Crippen LogP contribution in [0.5, 0.6) is 5.75 Å². The first kappa shape index (κ1) is 18.1. The van der Waals surface area contributed by atoms with E-state index in [1.54, 1.807) is 50.4 Å². The fraction of sp³-hybridized carbons (Fsp3) is 0.200. The van der Waals surface area contributed by atoms with Gasteiger partial charge in [-0.1, -0.05) is 23.7 Å². The number of carbonyl (C=O) groups excluding carboxylic acids is 1. The number of nitrogens with zero attached hydrogens (tertiary/aromatic N) is 1. The lowest BCUT2D eigenvalue weighted by Gasteiger charge is -2.15. The summed E-state index contributed by atoms with van der Waals surface area (Å²) in [4.78, 5) is 16.5. The van der Waals surface area contributed by atoms with Gasteiger partial charge in [-0.15, -0.1) is 0 Å². The lowest BCUT2D eigenvalue weighted by atomic mass is 9.95. The van der Waals surface area contributed by atoms with Crippen LogP contribution in [0.2, 0.25) is 5.02 Å². The van der Waals surface area contributed by atoms with Gasteiger partial charge >= 0.3 is 5.97 Å². The SMILES string of the molecule is CCOC(=O)c1ccc(-c2c(F)c(C)cc(OC)c2Cl)c2cccnc12. The molecule has 134 valence electrons. The van der Waals surface area contributed by atoms with Crippen molar-refractivity contribution in [3.8, 4) is 16.9 Å². The molecule has 0 unspecified atom stereocenters. The maximum Gasteiger partial charge on any atom is 0.340 e. The van der Waals surface area contributed by atoms with Crippen molar-refractivity contribution in [3.63, 3.8) is 0 Å². The molecule has 0 saturated heterocycles. The number of halogens is 2. The van der Waals surface area contributed by atoms with Crippen LogP contribution in [0.25, 0.3) is 22.0 Å². The van der Waals surface area contributed by atoms with Crippen molar-refractivity contribution in [2.75, 3.05) is 13.7 Å². The van der Waals surface area contributed by atoms with Gasteiger partial charge in [-0.3, -0.25) is 4.98 Å². The normalized spacial score (nSPS) is 10.8. The predicted octanol–water partition coefficient (Wildman–Crippen LogP) is 5.19. The van der Waals surface area contributed by atoms with Crippen LogP contribution in [0.1, 0.15) is 22.8 Å². The van der Waals surface area contributed by atoms with Crippen LogP contribution < -0.4 is 4.74 Å². The number of carbonyl (C=O) groups is 1. The highest BCUT2D eigenvalue weighted by Gasteiger charge is 2.22. The Kier molecular flexibility index (Phi) is 5.09. The van der Waals surface area contributed by atoms with Gasteiger partial charge in [-0.2, -0.15) is 0 Å². The van der Waals surface area contributed by atoms with Crippen molar-refractivity contribution < 1.29 is 18.7 Å². The molecule has 0 aliphatic rings. The molecule has 0 aliphatic carbocycles. The Morgan fingerprint density at radius 3 is 2.77 bits per heavy atom. The predicted molar refractivity (Wildman–Crippen MR) is 99.4 cm³/mol. The van der Waals surface area contributed by atoms with Crippen molar-refractivity contribution in [3.05, 3.63) is 58.5 Å². The van der Waals surface area contributed by atoms with Gasteiger partial charge in [-0.25, -0.2) is 9.18 Å². The summed E-state index contributed by atoms with van der Waals surface area (Å²) in [6.45, 7) is 3.63. The van der Waals surface area contributed by atoms with Gasteiger partial charge in [0.25, 0.3) is 0 Å². The molecule has 1 heterocycles. The zero-order chi connectivity index (χ0) is 18.8. The zero-order valence-corrected chi connectivity index (χ0v) is 15.4. The van der Waals surface area contributed by atoms with Crippen LogP contribution in [0, 0.1) is 12.7 Å². The van der Waals surface area contributed by atoms with E-state index in [9.17, 15) is 9.18 Å². The first-order valence-electron chi connectivity index (χ1n) is 8.07. The van der Waals surface area contributed by atoms with E-state index in [0.29, 0.717) is 33.3 Å². The lowest BCUT2D eigenvalue weighted by molar-refractivity contribution is 0.0528. The molecule has 2 aromatic carbocycles. The molecule has 0 bridgehead atoms. The smallest absolute Gasteiger partial charge is 0.340 e. The minimum Gasteiger partial charge on any atom is -0.495 e. The van der Waals surface area contributed by atoms with E-state index in [-0.39, 0.29) is 17.2 Å². The second-order valence-corrected chi connectivity index (χ2v) is 6.06. The van der Waals surface area contributed by atoms with Gasteiger partial charge in [0.05, 0.1) is 29.8 Å². The Morgan fingerprint density at radius 1 is 1.31 bits per heavy atom. The standard InChI is InChI=1S/C20H17ClFNO3/c1-4-26-20(24)14-8-7-12(13-6-5-9-23-19(13)14)16-17(21)15(25-3)10-11(2)18(16)22/h5-10H,4H2,1-3H3. The van der Waals surface area contributed by atoms with Crippen LogP contribution in [0.15, 0.2) is 36.5 Å². The van der Waals surface area contributed by atoms with Gasteiger partial charge in [-0.05, 0) is 43.2 Å². The molecule has 0 spiro atoms. The summed E-state index contributed by atoms with van der Waals surface area (Å²) in [5.74, 6) is -0.534. The molecule has 3 aromatic rings. The third-order valence-corrected chi connectivity index (χ3v) is 4.48. The highest BCUT2D eigenvalue weighted by molar-refractivity contribution is 6.35. The Bertz CT molecular complexity index is 1000. The van der Waals surface area contributed by atoms with Gasteiger partial charge in [0.15, 0.2) is 0 Å². The summed E-state index contributed by atoms with van der Waals surface area (Å²) in [5, 5.41) is 0.774. The number of hydrogen-bond acceptors (Lipinski definition) is 4. The number of pyridine rings is 1. The van der Waals surface area contributed by atoms with Crippen molar-refractivity contribution in [2.45, 2.75) is 13.8 Å². The highest BCUT2D eigenvalue weighted by Crippen LogP contribution is 2.42. The van der Waals surface area contributed by atoms with Gasteiger partial charge < -0.3 is 9.47 Å². The van der Waals surface area contributed by atoms with Gasteiger partial charge in [0.2, 0.25) is 0 Å². The molecule has 0 aliphatic heterocycles. The number of rotatable bonds is 4. The Morgan fingerprint density at radius 2 is 2.08 bits per heavy atom. The Hall–Kier alpha value is -2.66. The number of ether oxygens (including phenoxy) is 2. The molecule has 0 amide bonds. The summed E-state index contributed by atoms with van der Waals surface area (Å²) in [5.41, 5.74) is 1.91. The van der Waals surface area contributed by atoms with Gasteiger partial charge in [0, 0.05) is 17.1 Å². The van der Waals surface area contributed by atoms with Crippen molar-refractivity contribution in [1.82, 2.24) is 4.98 Å². The van der Waals surface area contributed by atoms with Crippen molar-refractivity contribution >= 4 is 28.5 Å². The first-order chi connectivity index (χ1) is 12.5. The summed E-state index contributed by atoms with van der Waals surface area (Å²) in [7, 11) is 1.48. The van der Waals surface area contributed by atoms with Crippen LogP contribution in [-0.4, -0.2) is 24.7 Å². The topological polar surface area (TPSA) is 48.4 Å². The van der Waals surface area contributed by atoms with E-state index in [4.69, 9.17) is 21.1 Å². The molecule has 4 nitrogen and oxygen atoms in total. The minimum atomic E-state index is -0.476. The summed E-state index contributed by atoms with van der Waals surface area (Å²) < 4.78 is 25.3. The number of fused-ring (bicyclic) bond motifs is 1. The van der Waals surface area contributed by atoms with E-state index in [1.165, 1.54) is 7.11 Å². The number of benzene rings is 2. The number of aryl methyl sites for hydroxylation is 1. The molecular weight excluding hydrogens is 357 g/mol. The number of esters is 1. The highest BCUT2D eigenvalue weighted by atomic mass is 35.5. The maximum atomic E-state index is 14.9. The molecular formula is C20H17ClFNO3. The number of hydrogen-bond donors (Lipinski definition) is 0. The second-order valence-electron chi connectivity index (χ2n) is 5.68. The van der Waals surface area contributed by atoms with E-state index < -0.39 is 11.8 Å². The molecule has 6 heteroatoms. The average Bonchev–Trinajstić information content (AvgIpc) is 2.65. The van der Waals surface area contributed by atoms with Crippen LogP contribution in [0.3, 0.4) is 0 Å². The fourth-order valence-corrected chi connectivity index (χ4v) is 3.21. The molecule has 3 rings (SSSR count). The second kappa shape index (κ2) is 7.30. The molecule has 0 fully saturated rings. The summed E-state index contributed by atoms with van der Waals surface area (Å²) in [6.07, 6.45) is 1.57. The molecule has 1 aromatic heterocycles. The molecule has 0 N–H and O–H groups in total. The third kappa shape index (κ3) is 2.99. The Labute approximate surface area is 155 Å². The van der Waals surface area contributed by atoms with E-state index >= 15 is 0 Å². The monoisotopic (exact) mass is 373 g/mol. The van der Waals surface area contributed by atoms with Crippen LogP contribution >= 0.6 is 11.6 Å². The number of methoxy groups -OCH3 is 1. The third-order valence-electron chi connectivity index (χ3n) is 4.10. The molecule has 0 radical (unpaired) electrons. The largest absolute Gasteiger partial charge is 0.495 e. The maximum absolute atomic E-state index is 14.9. The molecule has 0 atom stereocenters.